The number of benzene rings is 1. The molecule has 1 rings (SSSR count). The van der Waals surface area contributed by atoms with E-state index in [4.69, 9.17) is 4.79 Å². The highest BCUT2D eigenvalue weighted by Crippen LogP contribution is 2.24. The van der Waals surface area contributed by atoms with E-state index >= 15 is 0 Å². The van der Waals surface area contributed by atoms with Crippen molar-refractivity contribution in [2.24, 2.45) is 5.84 Å². The second-order valence-electron chi connectivity index (χ2n) is 2.47. The van der Waals surface area contributed by atoms with Crippen LogP contribution in [-0.4, -0.2) is 13.5 Å². The summed E-state index contributed by atoms with van der Waals surface area (Å²) in [5, 5.41) is 3.09. The molecular formula is C9H14BrN3O. The molecule has 0 spiro atoms. The number of halogens is 1. The van der Waals surface area contributed by atoms with Crippen LogP contribution in [0.5, 0.6) is 0 Å². The number of nitrogens with one attached hydrogen (secondary N) is 2. The predicted molar refractivity (Wildman–Crippen MR) is 61.8 cm³/mol. The van der Waals surface area contributed by atoms with E-state index in [1.165, 1.54) is 5.56 Å². The molecule has 0 saturated carbocycles. The van der Waals surface area contributed by atoms with Gasteiger partial charge in [0.2, 0.25) is 6.41 Å². The third-order valence-corrected chi connectivity index (χ3v) is 2.58. The maximum absolute atomic E-state index is 8.94. The van der Waals surface area contributed by atoms with Crippen LogP contribution >= 0.6 is 15.9 Å². The number of rotatable bonds is 2. The van der Waals surface area contributed by atoms with Gasteiger partial charge in [0.1, 0.15) is 0 Å². The largest absolute Gasteiger partial charge is 0.387 e. The predicted octanol–water partition coefficient (Wildman–Crippen LogP) is 1.41. The smallest absolute Gasteiger partial charge is 0.221 e. The Balaban J connectivity index is 0.000000364. The highest BCUT2D eigenvalue weighted by molar-refractivity contribution is 9.10. The fraction of sp³-hybridized carbons (Fsp3) is 0.222. The van der Waals surface area contributed by atoms with Crippen molar-refractivity contribution in [2.75, 3.05) is 12.4 Å². The average Bonchev–Trinajstić information content (AvgIpc) is 2.22. The van der Waals surface area contributed by atoms with Gasteiger partial charge >= 0.3 is 0 Å². The van der Waals surface area contributed by atoms with Crippen LogP contribution in [0.2, 0.25) is 0 Å². The van der Waals surface area contributed by atoms with Crippen LogP contribution in [0.15, 0.2) is 22.7 Å². The molecule has 1 aromatic carbocycles. The number of hydrazine groups is 1. The van der Waals surface area contributed by atoms with Gasteiger partial charge in [-0.1, -0.05) is 12.1 Å². The zero-order chi connectivity index (χ0) is 11.0. The van der Waals surface area contributed by atoms with Crippen LogP contribution in [0.1, 0.15) is 5.56 Å². The standard InChI is InChI=1S/C8H10BrN.CH4N2O/c1-6-4-3-5-7(10-2)8(6)9;2-3-1-4/h3-5,10H,1-2H3;1H,2H2,(H,3,4). The Morgan fingerprint density at radius 3 is 2.43 bits per heavy atom. The maximum Gasteiger partial charge on any atom is 0.221 e. The van der Waals surface area contributed by atoms with Crippen LogP contribution in [0, 0.1) is 6.92 Å². The molecule has 14 heavy (non-hydrogen) atoms. The molecule has 5 heteroatoms. The Hall–Kier alpha value is -1.07. The Bertz CT molecular complexity index is 291. The van der Waals surface area contributed by atoms with E-state index in [0.29, 0.717) is 6.41 Å². The fourth-order valence-corrected chi connectivity index (χ4v) is 1.30. The topological polar surface area (TPSA) is 67.2 Å². The average molecular weight is 260 g/mol. The van der Waals surface area contributed by atoms with Gasteiger partial charge in [0.05, 0.1) is 0 Å². The Morgan fingerprint density at radius 1 is 1.50 bits per heavy atom. The normalized spacial score (nSPS) is 8.29. The van der Waals surface area contributed by atoms with Crippen molar-refractivity contribution in [3.63, 3.8) is 0 Å². The number of nitrogens with two attached hydrogens (primary N) is 1. The zero-order valence-corrected chi connectivity index (χ0v) is 9.76. The van der Waals surface area contributed by atoms with Crippen molar-refractivity contribution < 1.29 is 4.79 Å². The molecule has 78 valence electrons. The molecule has 0 radical (unpaired) electrons. The molecule has 0 fully saturated rings. The minimum absolute atomic E-state index is 0.403. The molecule has 0 heterocycles. The lowest BCUT2D eigenvalue weighted by molar-refractivity contribution is -0.109. The van der Waals surface area contributed by atoms with Gasteiger partial charge in [-0.15, -0.1) is 0 Å². The molecule has 0 bridgehead atoms. The van der Waals surface area contributed by atoms with Gasteiger partial charge in [0, 0.05) is 17.2 Å². The lowest BCUT2D eigenvalue weighted by Gasteiger charge is -2.04. The minimum Gasteiger partial charge on any atom is -0.387 e. The molecule has 0 unspecified atom stereocenters. The summed E-state index contributed by atoms with van der Waals surface area (Å²) in [6.45, 7) is 2.07. The summed E-state index contributed by atoms with van der Waals surface area (Å²) in [7, 11) is 1.92. The van der Waals surface area contributed by atoms with Crippen molar-refractivity contribution in [3.8, 4) is 0 Å². The van der Waals surface area contributed by atoms with Crippen LogP contribution in [0.25, 0.3) is 0 Å². The first-order valence-corrected chi connectivity index (χ1v) is 4.79. The third kappa shape index (κ3) is 4.25. The second kappa shape index (κ2) is 7.34. The van der Waals surface area contributed by atoms with Gasteiger partial charge in [-0.2, -0.15) is 0 Å². The number of carbonyl (C=O) groups is 1. The summed E-state index contributed by atoms with van der Waals surface area (Å²) in [5.41, 5.74) is 4.15. The first-order valence-electron chi connectivity index (χ1n) is 4.00. The first kappa shape index (κ1) is 12.9. The van der Waals surface area contributed by atoms with Gasteiger partial charge in [-0.05, 0) is 34.5 Å². The number of amides is 1. The molecule has 0 saturated heterocycles. The minimum atomic E-state index is 0.403. The fourth-order valence-electron chi connectivity index (χ4n) is 0.841. The number of hydrogen-bond acceptors (Lipinski definition) is 3. The number of aryl methyl sites for hydroxylation is 1. The SMILES string of the molecule is CNc1cccc(C)c1Br.NNC=O. The Morgan fingerprint density at radius 2 is 2.07 bits per heavy atom. The maximum atomic E-state index is 8.94. The summed E-state index contributed by atoms with van der Waals surface area (Å²) in [5.74, 6) is 4.41. The first-order chi connectivity index (χ1) is 6.67. The zero-order valence-electron chi connectivity index (χ0n) is 8.17. The van der Waals surface area contributed by atoms with Crippen LogP contribution in [0.3, 0.4) is 0 Å². The van der Waals surface area contributed by atoms with E-state index in [1.807, 2.05) is 19.2 Å². The lowest BCUT2D eigenvalue weighted by Crippen LogP contribution is -2.18. The van der Waals surface area contributed by atoms with E-state index < -0.39 is 0 Å². The molecular weight excluding hydrogens is 246 g/mol. The molecule has 0 aliphatic heterocycles. The van der Waals surface area contributed by atoms with E-state index in [9.17, 15) is 0 Å². The molecule has 1 amide bonds. The van der Waals surface area contributed by atoms with Gasteiger partial charge in [0.25, 0.3) is 0 Å². The van der Waals surface area contributed by atoms with Crippen molar-refractivity contribution in [1.82, 2.24) is 5.43 Å². The van der Waals surface area contributed by atoms with Crippen LogP contribution in [0.4, 0.5) is 5.69 Å². The summed E-state index contributed by atoms with van der Waals surface area (Å²) < 4.78 is 1.15. The molecule has 0 atom stereocenters. The molecule has 0 aliphatic rings. The lowest BCUT2D eigenvalue weighted by atomic mass is 10.2. The molecule has 4 N–H and O–H groups in total. The molecule has 0 aliphatic carbocycles. The van der Waals surface area contributed by atoms with Crippen molar-refractivity contribution in [2.45, 2.75) is 6.92 Å². The summed E-state index contributed by atoms with van der Waals surface area (Å²) in [4.78, 5) is 8.94. The van der Waals surface area contributed by atoms with E-state index in [0.717, 1.165) is 10.2 Å². The van der Waals surface area contributed by atoms with E-state index in [-0.39, 0.29) is 0 Å². The summed E-state index contributed by atoms with van der Waals surface area (Å²) in [6.07, 6.45) is 0.403. The molecule has 4 nitrogen and oxygen atoms in total. The van der Waals surface area contributed by atoms with Crippen molar-refractivity contribution >= 4 is 28.0 Å². The Kier molecular flexibility index (Phi) is 6.78. The highest BCUT2D eigenvalue weighted by atomic mass is 79.9. The Labute approximate surface area is 92.0 Å². The van der Waals surface area contributed by atoms with Gasteiger partial charge in [0.15, 0.2) is 0 Å². The second-order valence-corrected chi connectivity index (χ2v) is 3.26. The monoisotopic (exact) mass is 259 g/mol. The quantitative estimate of drug-likeness (QED) is 0.326. The van der Waals surface area contributed by atoms with Crippen molar-refractivity contribution in [1.29, 1.82) is 0 Å². The van der Waals surface area contributed by atoms with Crippen LogP contribution < -0.4 is 16.6 Å². The van der Waals surface area contributed by atoms with Gasteiger partial charge in [-0.3, -0.25) is 10.2 Å². The number of carbonyl (C=O) groups excluding carboxylic acids is 1. The number of anilines is 1. The summed E-state index contributed by atoms with van der Waals surface area (Å²) >= 11 is 3.48. The molecule has 1 aromatic rings. The van der Waals surface area contributed by atoms with Gasteiger partial charge < -0.3 is 5.32 Å². The third-order valence-electron chi connectivity index (χ3n) is 1.53. The van der Waals surface area contributed by atoms with Crippen molar-refractivity contribution in [3.05, 3.63) is 28.2 Å². The van der Waals surface area contributed by atoms with E-state index in [2.05, 4.69) is 40.1 Å². The van der Waals surface area contributed by atoms with E-state index in [1.54, 1.807) is 5.43 Å². The van der Waals surface area contributed by atoms with Crippen LogP contribution in [-0.2, 0) is 4.79 Å². The molecule has 0 aromatic heterocycles. The summed E-state index contributed by atoms with van der Waals surface area (Å²) in [6, 6.07) is 6.15. The number of hydrogen-bond donors (Lipinski definition) is 3. The highest BCUT2D eigenvalue weighted by Gasteiger charge is 1.97. The van der Waals surface area contributed by atoms with Gasteiger partial charge in [-0.25, -0.2) is 5.84 Å².